The third kappa shape index (κ3) is 1.24. The smallest absolute Gasteiger partial charge is 0.274 e. The lowest BCUT2D eigenvalue weighted by Crippen LogP contribution is -2.18. The van der Waals surface area contributed by atoms with E-state index in [1.165, 1.54) is 4.68 Å². The first kappa shape index (κ1) is 9.02. The highest BCUT2D eigenvalue weighted by molar-refractivity contribution is 6.33. The van der Waals surface area contributed by atoms with E-state index >= 15 is 0 Å². The summed E-state index contributed by atoms with van der Waals surface area (Å²) in [5.41, 5.74) is 5.88. The van der Waals surface area contributed by atoms with Gasteiger partial charge in [-0.25, -0.2) is 4.68 Å². The summed E-state index contributed by atoms with van der Waals surface area (Å²) in [5.74, 6) is 0. The molecule has 2 N–H and O–H groups in total. The minimum Gasteiger partial charge on any atom is -0.398 e. The van der Waals surface area contributed by atoms with Crippen LogP contribution < -0.4 is 11.3 Å². The van der Waals surface area contributed by atoms with Crippen molar-refractivity contribution in [3.63, 3.8) is 0 Å². The van der Waals surface area contributed by atoms with Gasteiger partial charge in [0.2, 0.25) is 0 Å². The van der Waals surface area contributed by atoms with Gasteiger partial charge in [0.15, 0.2) is 0 Å². The summed E-state index contributed by atoms with van der Waals surface area (Å²) in [6.45, 7) is 0. The van der Waals surface area contributed by atoms with E-state index in [1.807, 2.05) is 0 Å². The Balaban J connectivity index is 2.97. The number of nitrogen functional groups attached to an aromatic ring is 1. The van der Waals surface area contributed by atoms with Gasteiger partial charge in [-0.15, -0.1) is 0 Å². The predicted octanol–water partition coefficient (Wildman–Crippen LogP) is 1.17. The zero-order valence-electron chi connectivity index (χ0n) is 7.49. The molecule has 0 radical (unpaired) electrons. The highest BCUT2D eigenvalue weighted by atomic mass is 35.5. The van der Waals surface area contributed by atoms with Gasteiger partial charge in [0, 0.05) is 12.4 Å². The quantitative estimate of drug-likeness (QED) is 0.663. The molecular formula is C9H8ClN3O. The number of fused-ring (bicyclic) bond motifs is 1. The second kappa shape index (κ2) is 2.99. The molecule has 1 heterocycles. The van der Waals surface area contributed by atoms with Crippen LogP contribution in [0, 0.1) is 0 Å². The summed E-state index contributed by atoms with van der Waals surface area (Å²) < 4.78 is 1.26. The van der Waals surface area contributed by atoms with Gasteiger partial charge in [-0.05, 0) is 12.1 Å². The molecule has 0 unspecified atom stereocenters. The van der Waals surface area contributed by atoms with Crippen molar-refractivity contribution in [2.45, 2.75) is 0 Å². The average molecular weight is 210 g/mol. The lowest BCUT2D eigenvalue weighted by atomic mass is 10.2. The molecule has 2 aromatic rings. The van der Waals surface area contributed by atoms with Gasteiger partial charge in [-0.2, -0.15) is 5.10 Å². The zero-order chi connectivity index (χ0) is 10.3. The van der Waals surface area contributed by atoms with Crippen molar-refractivity contribution in [3.8, 4) is 0 Å². The molecule has 0 fully saturated rings. The molecular weight excluding hydrogens is 202 g/mol. The van der Waals surface area contributed by atoms with E-state index < -0.39 is 0 Å². The number of hydrogen-bond acceptors (Lipinski definition) is 3. The van der Waals surface area contributed by atoms with Crippen LogP contribution in [-0.2, 0) is 7.05 Å². The second-order valence-electron chi connectivity index (χ2n) is 3.03. The molecule has 2 rings (SSSR count). The number of aryl methyl sites for hydroxylation is 1. The van der Waals surface area contributed by atoms with Crippen LogP contribution in [0.4, 0.5) is 5.69 Å². The maximum Gasteiger partial charge on any atom is 0.274 e. The van der Waals surface area contributed by atoms with Crippen LogP contribution in [-0.4, -0.2) is 9.78 Å². The predicted molar refractivity (Wildman–Crippen MR) is 56.4 cm³/mol. The number of halogens is 1. The Morgan fingerprint density at radius 2 is 2.21 bits per heavy atom. The molecule has 0 saturated heterocycles. The fraction of sp³-hybridized carbons (Fsp3) is 0.111. The van der Waals surface area contributed by atoms with Crippen LogP contribution in [0.2, 0.25) is 5.02 Å². The van der Waals surface area contributed by atoms with Crippen molar-refractivity contribution < 1.29 is 0 Å². The first-order valence-corrected chi connectivity index (χ1v) is 4.38. The van der Waals surface area contributed by atoms with Gasteiger partial charge >= 0.3 is 0 Å². The molecule has 4 nitrogen and oxygen atoms in total. The third-order valence-electron chi connectivity index (χ3n) is 2.06. The van der Waals surface area contributed by atoms with E-state index in [1.54, 1.807) is 25.4 Å². The molecule has 5 heteroatoms. The van der Waals surface area contributed by atoms with Crippen molar-refractivity contribution in [3.05, 3.63) is 33.7 Å². The Morgan fingerprint density at radius 3 is 2.93 bits per heavy atom. The summed E-state index contributed by atoms with van der Waals surface area (Å²) in [4.78, 5) is 11.6. The normalized spacial score (nSPS) is 10.7. The number of benzene rings is 1. The van der Waals surface area contributed by atoms with Crippen LogP contribution >= 0.6 is 11.6 Å². The van der Waals surface area contributed by atoms with Gasteiger partial charge in [0.25, 0.3) is 5.56 Å². The number of aromatic nitrogens is 2. The Labute approximate surface area is 84.9 Å². The van der Waals surface area contributed by atoms with E-state index in [-0.39, 0.29) is 5.56 Å². The van der Waals surface area contributed by atoms with E-state index in [4.69, 9.17) is 17.3 Å². The van der Waals surface area contributed by atoms with Crippen LogP contribution in [0.1, 0.15) is 0 Å². The summed E-state index contributed by atoms with van der Waals surface area (Å²) in [6.07, 6.45) is 1.59. The Kier molecular flexibility index (Phi) is 1.93. The molecule has 0 aliphatic rings. The lowest BCUT2D eigenvalue weighted by molar-refractivity contribution is 0.718. The summed E-state index contributed by atoms with van der Waals surface area (Å²) in [7, 11) is 1.59. The average Bonchev–Trinajstić information content (AvgIpc) is 2.15. The van der Waals surface area contributed by atoms with Crippen LogP contribution in [0.3, 0.4) is 0 Å². The maximum atomic E-state index is 11.6. The number of nitrogens with two attached hydrogens (primary N) is 1. The largest absolute Gasteiger partial charge is 0.398 e. The first-order valence-electron chi connectivity index (χ1n) is 4.00. The van der Waals surface area contributed by atoms with Gasteiger partial charge in [0.1, 0.15) is 0 Å². The number of hydrogen-bond donors (Lipinski definition) is 1. The Morgan fingerprint density at radius 1 is 1.50 bits per heavy atom. The molecule has 72 valence electrons. The van der Waals surface area contributed by atoms with Gasteiger partial charge in [0.05, 0.1) is 22.3 Å². The molecule has 0 amide bonds. The van der Waals surface area contributed by atoms with Gasteiger partial charge in [-0.3, -0.25) is 4.79 Å². The zero-order valence-corrected chi connectivity index (χ0v) is 8.25. The fourth-order valence-corrected chi connectivity index (χ4v) is 1.44. The van der Waals surface area contributed by atoms with Crippen molar-refractivity contribution in [2.75, 3.05) is 5.73 Å². The molecule has 1 aromatic heterocycles. The molecule has 14 heavy (non-hydrogen) atoms. The number of anilines is 1. The molecule has 0 aliphatic carbocycles. The topological polar surface area (TPSA) is 60.9 Å². The van der Waals surface area contributed by atoms with Crippen LogP contribution in [0.5, 0.6) is 0 Å². The molecule has 1 aromatic carbocycles. The summed E-state index contributed by atoms with van der Waals surface area (Å²) in [5, 5.41) is 5.51. The number of nitrogens with zero attached hydrogens (tertiary/aromatic N) is 2. The minimum atomic E-state index is -0.176. The SMILES string of the molecule is Cn1ncc2cc(N)c(Cl)cc2c1=O. The van der Waals surface area contributed by atoms with Crippen LogP contribution in [0.25, 0.3) is 10.8 Å². The molecule has 0 spiro atoms. The summed E-state index contributed by atoms with van der Waals surface area (Å²) in [6, 6.07) is 3.21. The highest BCUT2D eigenvalue weighted by Crippen LogP contribution is 2.22. The van der Waals surface area contributed by atoms with Gasteiger partial charge in [-0.1, -0.05) is 11.6 Å². The van der Waals surface area contributed by atoms with Crippen molar-refractivity contribution in [1.29, 1.82) is 0 Å². The number of rotatable bonds is 0. The van der Waals surface area contributed by atoms with Crippen LogP contribution in [0.15, 0.2) is 23.1 Å². The van der Waals surface area contributed by atoms with Crippen molar-refractivity contribution in [1.82, 2.24) is 9.78 Å². The summed E-state index contributed by atoms with van der Waals surface area (Å²) >= 11 is 5.82. The van der Waals surface area contributed by atoms with Crippen molar-refractivity contribution >= 4 is 28.1 Å². The Bertz CT molecular complexity index is 562. The molecule has 0 bridgehead atoms. The molecule has 0 aliphatic heterocycles. The molecule has 0 saturated carbocycles. The second-order valence-corrected chi connectivity index (χ2v) is 3.44. The Hall–Kier alpha value is -1.55. The third-order valence-corrected chi connectivity index (χ3v) is 2.39. The minimum absolute atomic E-state index is 0.176. The maximum absolute atomic E-state index is 11.6. The van der Waals surface area contributed by atoms with E-state index in [2.05, 4.69) is 5.10 Å². The standard InChI is InChI=1S/C9H8ClN3O/c1-13-9(14)6-3-7(10)8(11)2-5(6)4-12-13/h2-4H,11H2,1H3. The fourth-order valence-electron chi connectivity index (χ4n) is 1.28. The first-order chi connectivity index (χ1) is 6.59. The van der Waals surface area contributed by atoms with E-state index in [9.17, 15) is 4.79 Å². The van der Waals surface area contributed by atoms with Gasteiger partial charge < -0.3 is 5.73 Å². The van der Waals surface area contributed by atoms with Crippen molar-refractivity contribution in [2.24, 2.45) is 7.05 Å². The van der Waals surface area contributed by atoms with E-state index in [0.717, 1.165) is 0 Å². The monoisotopic (exact) mass is 209 g/mol. The highest BCUT2D eigenvalue weighted by Gasteiger charge is 2.04. The molecule has 0 atom stereocenters. The lowest BCUT2D eigenvalue weighted by Gasteiger charge is -2.02. The van der Waals surface area contributed by atoms with E-state index in [0.29, 0.717) is 21.5 Å².